The minimum absolute atomic E-state index is 0.0121. The van der Waals surface area contributed by atoms with Crippen LogP contribution in [0.25, 0.3) is 0 Å². The molecule has 1 saturated heterocycles. The second-order valence-corrected chi connectivity index (χ2v) is 6.96. The van der Waals surface area contributed by atoms with Crippen LogP contribution < -0.4 is 5.32 Å². The molecule has 1 aromatic carbocycles. The molecule has 6 nitrogen and oxygen atoms in total. The number of nitrogens with one attached hydrogen (secondary N) is 1. The summed E-state index contributed by atoms with van der Waals surface area (Å²) in [6.45, 7) is 3.39. The molecule has 2 heterocycles. The SMILES string of the molecule is CSc1ccc(CNC(=O)N2CCC[C@@H]2c2nncn2C)cc1C. The van der Waals surface area contributed by atoms with Gasteiger partial charge < -0.3 is 14.8 Å². The van der Waals surface area contributed by atoms with Crippen LogP contribution in [-0.4, -0.2) is 38.5 Å². The van der Waals surface area contributed by atoms with E-state index in [0.717, 1.165) is 30.8 Å². The van der Waals surface area contributed by atoms with E-state index >= 15 is 0 Å². The van der Waals surface area contributed by atoms with Crippen LogP contribution in [0.3, 0.4) is 0 Å². The first kappa shape index (κ1) is 16.8. The summed E-state index contributed by atoms with van der Waals surface area (Å²) < 4.78 is 1.89. The summed E-state index contributed by atoms with van der Waals surface area (Å²) in [6.07, 6.45) is 5.68. The fourth-order valence-corrected chi connectivity index (χ4v) is 3.79. The highest BCUT2D eigenvalue weighted by atomic mass is 32.2. The van der Waals surface area contributed by atoms with Crippen molar-refractivity contribution in [2.45, 2.75) is 37.2 Å². The smallest absolute Gasteiger partial charge is 0.318 e. The molecular formula is C17H23N5OS. The van der Waals surface area contributed by atoms with Crippen LogP contribution in [0.4, 0.5) is 4.79 Å². The topological polar surface area (TPSA) is 63.1 Å². The van der Waals surface area contributed by atoms with Crippen LogP contribution in [0.1, 0.15) is 35.8 Å². The Morgan fingerprint density at radius 3 is 2.96 bits per heavy atom. The predicted molar refractivity (Wildman–Crippen MR) is 94.9 cm³/mol. The molecular weight excluding hydrogens is 322 g/mol. The molecule has 24 heavy (non-hydrogen) atoms. The van der Waals surface area contributed by atoms with E-state index in [1.165, 1.54) is 10.5 Å². The number of likely N-dealkylation sites (tertiary alicyclic amines) is 1. The zero-order chi connectivity index (χ0) is 17.1. The third-order valence-corrected chi connectivity index (χ3v) is 5.36. The minimum atomic E-state index is -0.0351. The van der Waals surface area contributed by atoms with Gasteiger partial charge in [-0.15, -0.1) is 22.0 Å². The van der Waals surface area contributed by atoms with Crippen LogP contribution in [0.15, 0.2) is 29.4 Å². The van der Waals surface area contributed by atoms with E-state index in [1.807, 2.05) is 16.5 Å². The zero-order valence-corrected chi connectivity index (χ0v) is 15.1. The van der Waals surface area contributed by atoms with Crippen LogP contribution >= 0.6 is 11.8 Å². The lowest BCUT2D eigenvalue weighted by atomic mass is 10.1. The van der Waals surface area contributed by atoms with E-state index in [9.17, 15) is 4.79 Å². The number of rotatable bonds is 4. The molecule has 7 heteroatoms. The molecule has 1 aromatic heterocycles. The molecule has 0 bridgehead atoms. The molecule has 2 amide bonds. The van der Waals surface area contributed by atoms with Crippen molar-refractivity contribution in [1.29, 1.82) is 0 Å². The Labute approximate surface area is 146 Å². The van der Waals surface area contributed by atoms with Crippen molar-refractivity contribution in [2.24, 2.45) is 7.05 Å². The van der Waals surface area contributed by atoms with E-state index < -0.39 is 0 Å². The molecule has 1 aliphatic heterocycles. The molecule has 1 fully saturated rings. The molecule has 0 spiro atoms. The highest BCUT2D eigenvalue weighted by Gasteiger charge is 2.32. The maximum atomic E-state index is 12.6. The Hall–Kier alpha value is -2.02. The van der Waals surface area contributed by atoms with Gasteiger partial charge in [0, 0.05) is 25.0 Å². The standard InChI is InChI=1S/C17H23N5OS/c1-12-9-13(6-7-15(12)24-3)10-18-17(23)22-8-4-5-14(22)16-20-19-11-21(16)2/h6-7,9,11,14H,4-5,8,10H2,1-3H3,(H,18,23)/t14-/m1/s1. The molecule has 0 saturated carbocycles. The van der Waals surface area contributed by atoms with Gasteiger partial charge in [0.15, 0.2) is 5.82 Å². The van der Waals surface area contributed by atoms with Crippen molar-refractivity contribution in [3.63, 3.8) is 0 Å². The summed E-state index contributed by atoms with van der Waals surface area (Å²) in [4.78, 5) is 15.7. The second-order valence-electron chi connectivity index (χ2n) is 6.11. The largest absolute Gasteiger partial charge is 0.334 e. The summed E-state index contributed by atoms with van der Waals surface area (Å²) in [5.41, 5.74) is 2.36. The Balaban J connectivity index is 1.64. The van der Waals surface area contributed by atoms with Gasteiger partial charge in [-0.3, -0.25) is 0 Å². The number of urea groups is 1. The highest BCUT2D eigenvalue weighted by molar-refractivity contribution is 7.98. The number of aryl methyl sites for hydroxylation is 2. The number of amides is 2. The van der Waals surface area contributed by atoms with Crippen molar-refractivity contribution in [3.05, 3.63) is 41.5 Å². The van der Waals surface area contributed by atoms with E-state index in [2.05, 4.69) is 46.9 Å². The third kappa shape index (κ3) is 3.40. The summed E-state index contributed by atoms with van der Waals surface area (Å²) in [5.74, 6) is 0.850. The van der Waals surface area contributed by atoms with Gasteiger partial charge in [0.05, 0.1) is 6.04 Å². The summed E-state index contributed by atoms with van der Waals surface area (Å²) in [7, 11) is 1.92. The van der Waals surface area contributed by atoms with E-state index in [-0.39, 0.29) is 12.1 Å². The lowest BCUT2D eigenvalue weighted by molar-refractivity contribution is 0.189. The lowest BCUT2D eigenvalue weighted by Gasteiger charge is -2.24. The van der Waals surface area contributed by atoms with Crippen molar-refractivity contribution < 1.29 is 4.79 Å². The van der Waals surface area contributed by atoms with Crippen molar-refractivity contribution in [2.75, 3.05) is 12.8 Å². The Kier molecular flexibility index (Phi) is 5.08. The van der Waals surface area contributed by atoms with Crippen LogP contribution in [0.5, 0.6) is 0 Å². The number of nitrogens with zero attached hydrogens (tertiary/aromatic N) is 4. The fourth-order valence-electron chi connectivity index (χ4n) is 3.20. The molecule has 128 valence electrons. The molecule has 0 aliphatic carbocycles. The fraction of sp³-hybridized carbons (Fsp3) is 0.471. The van der Waals surface area contributed by atoms with Gasteiger partial charge in [0.25, 0.3) is 0 Å². The second kappa shape index (κ2) is 7.25. The number of carbonyl (C=O) groups excluding carboxylic acids is 1. The highest BCUT2D eigenvalue weighted by Crippen LogP contribution is 2.30. The van der Waals surface area contributed by atoms with Gasteiger partial charge in [-0.25, -0.2) is 4.79 Å². The molecule has 2 aromatic rings. The average Bonchev–Trinajstić information content (AvgIpc) is 3.21. The van der Waals surface area contributed by atoms with E-state index in [0.29, 0.717) is 6.54 Å². The molecule has 3 rings (SSSR count). The van der Waals surface area contributed by atoms with E-state index in [1.54, 1.807) is 18.1 Å². The van der Waals surface area contributed by atoms with E-state index in [4.69, 9.17) is 0 Å². The number of hydrogen-bond acceptors (Lipinski definition) is 4. The average molecular weight is 345 g/mol. The third-order valence-electron chi connectivity index (χ3n) is 4.46. The zero-order valence-electron chi connectivity index (χ0n) is 14.3. The Morgan fingerprint density at radius 1 is 1.46 bits per heavy atom. The van der Waals surface area contributed by atoms with Crippen molar-refractivity contribution >= 4 is 17.8 Å². The summed E-state index contributed by atoms with van der Waals surface area (Å²) >= 11 is 1.74. The van der Waals surface area contributed by atoms with Crippen molar-refractivity contribution in [1.82, 2.24) is 25.0 Å². The molecule has 0 unspecified atom stereocenters. The maximum Gasteiger partial charge on any atom is 0.318 e. The van der Waals surface area contributed by atoms with Crippen LogP contribution in [0, 0.1) is 6.92 Å². The monoisotopic (exact) mass is 345 g/mol. The normalized spacial score (nSPS) is 17.3. The lowest BCUT2D eigenvalue weighted by Crippen LogP contribution is -2.39. The first-order chi connectivity index (χ1) is 11.6. The first-order valence-electron chi connectivity index (χ1n) is 8.12. The number of thioether (sulfide) groups is 1. The van der Waals surface area contributed by atoms with Gasteiger partial charge in [0.2, 0.25) is 0 Å². The number of hydrogen-bond donors (Lipinski definition) is 1. The van der Waals surface area contributed by atoms with Gasteiger partial charge in [-0.1, -0.05) is 12.1 Å². The van der Waals surface area contributed by atoms with Gasteiger partial charge in [-0.05, 0) is 43.2 Å². The van der Waals surface area contributed by atoms with Crippen molar-refractivity contribution in [3.8, 4) is 0 Å². The Morgan fingerprint density at radius 2 is 2.29 bits per heavy atom. The first-order valence-corrected chi connectivity index (χ1v) is 9.34. The minimum Gasteiger partial charge on any atom is -0.334 e. The molecule has 0 radical (unpaired) electrons. The van der Waals surface area contributed by atoms with Gasteiger partial charge in [-0.2, -0.15) is 0 Å². The number of benzene rings is 1. The summed E-state index contributed by atoms with van der Waals surface area (Å²) in [6, 6.07) is 6.30. The molecule has 1 N–H and O–H groups in total. The molecule has 1 atom stereocenters. The van der Waals surface area contributed by atoms with Crippen LogP contribution in [-0.2, 0) is 13.6 Å². The van der Waals surface area contributed by atoms with Gasteiger partial charge in [0.1, 0.15) is 6.33 Å². The summed E-state index contributed by atoms with van der Waals surface area (Å²) in [5, 5.41) is 11.1. The van der Waals surface area contributed by atoms with Gasteiger partial charge >= 0.3 is 6.03 Å². The number of aromatic nitrogens is 3. The predicted octanol–water partition coefficient (Wildman–Crippen LogP) is 2.89. The number of carbonyl (C=O) groups is 1. The quantitative estimate of drug-likeness (QED) is 0.866. The Bertz CT molecular complexity index is 730. The molecule has 1 aliphatic rings. The maximum absolute atomic E-state index is 12.6. The van der Waals surface area contributed by atoms with Crippen LogP contribution in [0.2, 0.25) is 0 Å².